The van der Waals surface area contributed by atoms with E-state index in [1.54, 1.807) is 4.90 Å². The van der Waals surface area contributed by atoms with Crippen LogP contribution in [0.5, 0.6) is 0 Å². The van der Waals surface area contributed by atoms with E-state index in [0.717, 1.165) is 0 Å². The fraction of sp³-hybridized carbons (Fsp3) is 0.833. The lowest BCUT2D eigenvalue weighted by atomic mass is 10.1. The van der Waals surface area contributed by atoms with E-state index in [-0.39, 0.29) is 17.9 Å². The molecular formula is C12H24N2O3. The Labute approximate surface area is 103 Å². The lowest BCUT2D eigenvalue weighted by molar-refractivity contribution is -0.141. The Hall–Kier alpha value is -1.10. The number of nitrogens with one attached hydrogen (secondary N) is 1. The second-order valence-electron chi connectivity index (χ2n) is 4.66. The summed E-state index contributed by atoms with van der Waals surface area (Å²) in [6.07, 6.45) is 0.306. The van der Waals surface area contributed by atoms with Gasteiger partial charge in [0.1, 0.15) is 0 Å². The van der Waals surface area contributed by atoms with Gasteiger partial charge in [0.2, 0.25) is 5.91 Å². The summed E-state index contributed by atoms with van der Waals surface area (Å²) in [5, 5.41) is 2.92. The van der Waals surface area contributed by atoms with Crippen molar-refractivity contribution in [1.29, 1.82) is 0 Å². The largest absolute Gasteiger partial charge is 0.469 e. The minimum atomic E-state index is -0.257. The lowest BCUT2D eigenvalue weighted by Gasteiger charge is -2.20. The maximum Gasteiger partial charge on any atom is 0.306 e. The summed E-state index contributed by atoms with van der Waals surface area (Å²) in [5.41, 5.74) is 0. The van der Waals surface area contributed by atoms with Crippen molar-refractivity contribution in [3.05, 3.63) is 0 Å². The van der Waals surface area contributed by atoms with E-state index in [1.165, 1.54) is 7.11 Å². The van der Waals surface area contributed by atoms with Crippen LogP contribution in [0.1, 0.15) is 27.2 Å². The van der Waals surface area contributed by atoms with E-state index in [9.17, 15) is 9.59 Å². The number of methoxy groups -OCH3 is 1. The van der Waals surface area contributed by atoms with E-state index in [4.69, 9.17) is 0 Å². The molecule has 100 valence electrons. The molecule has 17 heavy (non-hydrogen) atoms. The molecule has 0 spiro atoms. The third-order valence-corrected chi connectivity index (χ3v) is 2.73. The van der Waals surface area contributed by atoms with Crippen molar-refractivity contribution in [3.63, 3.8) is 0 Å². The van der Waals surface area contributed by atoms with E-state index in [0.29, 0.717) is 25.4 Å². The van der Waals surface area contributed by atoms with E-state index >= 15 is 0 Å². The van der Waals surface area contributed by atoms with Gasteiger partial charge in [0.15, 0.2) is 0 Å². The Morgan fingerprint density at radius 2 is 1.88 bits per heavy atom. The van der Waals surface area contributed by atoms with Gasteiger partial charge in [0.25, 0.3) is 0 Å². The van der Waals surface area contributed by atoms with Crippen molar-refractivity contribution in [1.82, 2.24) is 10.2 Å². The standard InChI is InChI=1S/C12H24N2O3/c1-9(2)10(3)13-11(15)8-14(4)7-6-12(16)17-5/h9-10H,6-8H2,1-5H3,(H,13,15). The highest BCUT2D eigenvalue weighted by Gasteiger charge is 2.13. The number of hydrogen-bond donors (Lipinski definition) is 1. The molecule has 5 nitrogen and oxygen atoms in total. The third-order valence-electron chi connectivity index (χ3n) is 2.73. The molecule has 1 atom stereocenters. The predicted molar refractivity (Wildman–Crippen MR) is 66.6 cm³/mol. The van der Waals surface area contributed by atoms with Gasteiger partial charge < -0.3 is 10.1 Å². The van der Waals surface area contributed by atoms with Gasteiger partial charge in [-0.25, -0.2) is 0 Å². The van der Waals surface area contributed by atoms with Crippen molar-refractivity contribution in [3.8, 4) is 0 Å². The van der Waals surface area contributed by atoms with Crippen molar-refractivity contribution < 1.29 is 14.3 Å². The molecule has 0 rings (SSSR count). The zero-order valence-electron chi connectivity index (χ0n) is 11.4. The van der Waals surface area contributed by atoms with Crippen LogP contribution in [0.25, 0.3) is 0 Å². The molecule has 1 unspecified atom stereocenters. The summed E-state index contributed by atoms with van der Waals surface area (Å²) in [5.74, 6) is 0.144. The van der Waals surface area contributed by atoms with Crippen LogP contribution >= 0.6 is 0 Å². The topological polar surface area (TPSA) is 58.6 Å². The number of ether oxygens (including phenoxy) is 1. The molecule has 0 fully saturated rings. The Morgan fingerprint density at radius 3 is 2.35 bits per heavy atom. The van der Waals surface area contributed by atoms with Gasteiger partial charge in [0, 0.05) is 12.6 Å². The zero-order valence-corrected chi connectivity index (χ0v) is 11.4. The van der Waals surface area contributed by atoms with Gasteiger partial charge in [-0.3, -0.25) is 14.5 Å². The molecule has 0 saturated carbocycles. The van der Waals surface area contributed by atoms with Crippen LogP contribution in [0.4, 0.5) is 0 Å². The normalized spacial score (nSPS) is 12.6. The minimum Gasteiger partial charge on any atom is -0.469 e. The fourth-order valence-electron chi connectivity index (χ4n) is 1.17. The number of carbonyl (C=O) groups excluding carboxylic acids is 2. The second kappa shape index (κ2) is 8.06. The van der Waals surface area contributed by atoms with Crippen LogP contribution in [0.3, 0.4) is 0 Å². The van der Waals surface area contributed by atoms with Crippen molar-refractivity contribution in [2.24, 2.45) is 5.92 Å². The van der Waals surface area contributed by atoms with Gasteiger partial charge in [-0.15, -0.1) is 0 Å². The van der Waals surface area contributed by atoms with Crippen molar-refractivity contribution in [2.75, 3.05) is 27.2 Å². The summed E-state index contributed by atoms with van der Waals surface area (Å²) in [7, 11) is 3.17. The average Bonchev–Trinajstić information content (AvgIpc) is 2.25. The molecule has 0 radical (unpaired) electrons. The number of carbonyl (C=O) groups is 2. The third kappa shape index (κ3) is 7.74. The quantitative estimate of drug-likeness (QED) is 0.668. The maximum atomic E-state index is 11.6. The molecule has 0 aromatic carbocycles. The Morgan fingerprint density at radius 1 is 1.29 bits per heavy atom. The SMILES string of the molecule is COC(=O)CCN(C)CC(=O)NC(C)C(C)C. The second-order valence-corrected chi connectivity index (χ2v) is 4.66. The van der Waals surface area contributed by atoms with E-state index in [1.807, 2.05) is 14.0 Å². The number of rotatable bonds is 7. The van der Waals surface area contributed by atoms with Crippen molar-refractivity contribution >= 4 is 11.9 Å². The highest BCUT2D eigenvalue weighted by Crippen LogP contribution is 1.99. The van der Waals surface area contributed by atoms with Crippen LogP contribution in [0.15, 0.2) is 0 Å². The molecule has 5 heteroatoms. The molecule has 1 N–H and O–H groups in total. The monoisotopic (exact) mass is 244 g/mol. The van der Waals surface area contributed by atoms with E-state index in [2.05, 4.69) is 23.9 Å². The zero-order chi connectivity index (χ0) is 13.4. The number of esters is 1. The first kappa shape index (κ1) is 15.9. The van der Waals surface area contributed by atoms with Crippen LogP contribution in [0, 0.1) is 5.92 Å². The smallest absolute Gasteiger partial charge is 0.306 e. The average molecular weight is 244 g/mol. The molecule has 0 aromatic rings. The maximum absolute atomic E-state index is 11.6. The first-order valence-corrected chi connectivity index (χ1v) is 5.91. The number of amides is 1. The predicted octanol–water partition coefficient (Wildman–Crippen LogP) is 0.642. The highest BCUT2D eigenvalue weighted by molar-refractivity contribution is 5.78. The van der Waals surface area contributed by atoms with Crippen LogP contribution in [-0.2, 0) is 14.3 Å². The molecule has 0 heterocycles. The van der Waals surface area contributed by atoms with Crippen molar-refractivity contribution in [2.45, 2.75) is 33.2 Å². The summed E-state index contributed by atoms with van der Waals surface area (Å²) < 4.78 is 4.54. The van der Waals surface area contributed by atoms with Crippen LogP contribution in [0.2, 0.25) is 0 Å². The van der Waals surface area contributed by atoms with Crippen LogP contribution in [-0.4, -0.2) is 50.1 Å². The fourth-order valence-corrected chi connectivity index (χ4v) is 1.17. The van der Waals surface area contributed by atoms with Gasteiger partial charge in [0.05, 0.1) is 20.1 Å². The minimum absolute atomic E-state index is 0.0152. The number of hydrogen-bond acceptors (Lipinski definition) is 4. The van der Waals surface area contributed by atoms with E-state index < -0.39 is 0 Å². The highest BCUT2D eigenvalue weighted by atomic mass is 16.5. The van der Waals surface area contributed by atoms with Gasteiger partial charge in [-0.2, -0.15) is 0 Å². The van der Waals surface area contributed by atoms with Crippen LogP contribution < -0.4 is 5.32 Å². The summed E-state index contributed by atoms with van der Waals surface area (Å²) in [4.78, 5) is 24.3. The molecular weight excluding hydrogens is 220 g/mol. The van der Waals surface area contributed by atoms with Gasteiger partial charge in [-0.1, -0.05) is 13.8 Å². The number of nitrogens with zero attached hydrogens (tertiary/aromatic N) is 1. The summed E-state index contributed by atoms with van der Waals surface area (Å²) in [6, 6.07) is 0.163. The van der Waals surface area contributed by atoms with Gasteiger partial charge in [-0.05, 0) is 19.9 Å². The first-order chi connectivity index (χ1) is 7.86. The van der Waals surface area contributed by atoms with Gasteiger partial charge >= 0.3 is 5.97 Å². The molecule has 0 aliphatic rings. The molecule has 0 bridgehead atoms. The Balaban J connectivity index is 3.84. The molecule has 0 aliphatic carbocycles. The molecule has 0 aliphatic heterocycles. The summed E-state index contributed by atoms with van der Waals surface area (Å²) >= 11 is 0. The Bertz CT molecular complexity index is 254. The Kier molecular flexibility index (Phi) is 7.54. The lowest BCUT2D eigenvalue weighted by Crippen LogP contribution is -2.42. The number of likely N-dealkylation sites (N-methyl/N-ethyl adjacent to an activating group) is 1. The molecule has 1 amide bonds. The molecule has 0 saturated heterocycles. The summed E-state index contributed by atoms with van der Waals surface area (Å²) in [6.45, 7) is 6.93. The first-order valence-electron chi connectivity index (χ1n) is 5.91. The molecule has 0 aromatic heterocycles.